The van der Waals surface area contributed by atoms with E-state index in [2.05, 4.69) is 38.3 Å². The van der Waals surface area contributed by atoms with Gasteiger partial charge in [0.05, 0.1) is 0 Å². The fourth-order valence-corrected chi connectivity index (χ4v) is 4.55. The van der Waals surface area contributed by atoms with Crippen molar-refractivity contribution >= 4 is 5.65 Å². The van der Waals surface area contributed by atoms with Crippen LogP contribution in [0.3, 0.4) is 0 Å². The molecule has 0 bridgehead atoms. The molecule has 8 heteroatoms. The van der Waals surface area contributed by atoms with Crippen LogP contribution in [0.1, 0.15) is 49.6 Å². The van der Waals surface area contributed by atoms with Crippen LogP contribution in [0.15, 0.2) is 54.5 Å². The van der Waals surface area contributed by atoms with Crippen molar-refractivity contribution < 1.29 is 9.57 Å². The van der Waals surface area contributed by atoms with Crippen LogP contribution < -0.4 is 9.57 Å². The zero-order valence-electron chi connectivity index (χ0n) is 17.9. The molecule has 0 spiro atoms. The molecule has 0 atom stereocenters. The Morgan fingerprint density at radius 1 is 1.32 bits per heavy atom. The number of aryl methyl sites for hydroxylation is 1. The Morgan fingerprint density at radius 2 is 2.16 bits per heavy atom. The summed E-state index contributed by atoms with van der Waals surface area (Å²) in [6.07, 6.45) is 8.34. The van der Waals surface area contributed by atoms with Gasteiger partial charge < -0.3 is 9.57 Å². The number of fused-ring (bicyclic) bond motifs is 1. The molecular weight excluding hydrogens is 392 g/mol. The van der Waals surface area contributed by atoms with E-state index in [1.807, 2.05) is 37.4 Å². The molecule has 2 heterocycles. The van der Waals surface area contributed by atoms with Gasteiger partial charge in [-0.15, -0.1) is 16.8 Å². The van der Waals surface area contributed by atoms with Crippen molar-refractivity contribution in [3.63, 3.8) is 0 Å². The predicted molar refractivity (Wildman–Crippen MR) is 118 cm³/mol. The van der Waals surface area contributed by atoms with Crippen molar-refractivity contribution in [3.8, 4) is 11.5 Å². The maximum atomic E-state index is 8.54. The summed E-state index contributed by atoms with van der Waals surface area (Å²) in [6, 6.07) is 9.45. The van der Waals surface area contributed by atoms with Crippen LogP contribution in [0.4, 0.5) is 0 Å². The number of hydrogen-bond donors (Lipinski definition) is 0. The van der Waals surface area contributed by atoms with Crippen molar-refractivity contribution in [3.05, 3.63) is 76.6 Å². The summed E-state index contributed by atoms with van der Waals surface area (Å²) in [5, 5.41) is 12.3. The van der Waals surface area contributed by atoms with E-state index in [1.54, 1.807) is 12.1 Å². The smallest absolute Gasteiger partial charge is 0.179 e. The van der Waals surface area contributed by atoms with Gasteiger partial charge in [0.1, 0.15) is 17.7 Å². The van der Waals surface area contributed by atoms with Crippen LogP contribution in [0.5, 0.6) is 11.5 Å². The van der Waals surface area contributed by atoms with E-state index in [1.165, 1.54) is 0 Å². The van der Waals surface area contributed by atoms with Gasteiger partial charge >= 0.3 is 0 Å². The van der Waals surface area contributed by atoms with Crippen LogP contribution >= 0.6 is 0 Å². The topological polar surface area (TPSA) is 97.4 Å². The lowest BCUT2D eigenvalue weighted by atomic mass is 9.59. The molecule has 0 aliphatic heterocycles. The molecule has 0 unspecified atom stereocenters. The Hall–Kier alpha value is -3.51. The van der Waals surface area contributed by atoms with Gasteiger partial charge in [-0.05, 0) is 67.8 Å². The minimum Gasteiger partial charge on any atom is -0.485 e. The number of pyridine rings is 1. The summed E-state index contributed by atoms with van der Waals surface area (Å²) in [7, 11) is 0. The van der Waals surface area contributed by atoms with E-state index in [4.69, 9.17) is 15.1 Å². The molecule has 0 amide bonds. The molecular formula is C23H26N6O2. The maximum absolute atomic E-state index is 8.54. The number of nitrogens with zero attached hydrogens (tertiary/aromatic N) is 6. The first kappa shape index (κ1) is 20.8. The molecule has 0 saturated heterocycles. The van der Waals surface area contributed by atoms with Crippen LogP contribution in [-0.4, -0.2) is 14.6 Å². The summed E-state index contributed by atoms with van der Waals surface area (Å²) < 4.78 is 8.09. The van der Waals surface area contributed by atoms with Gasteiger partial charge in [0.2, 0.25) is 0 Å². The molecule has 2 aromatic heterocycles. The number of azide groups is 1. The first-order chi connectivity index (χ1) is 15.1. The maximum Gasteiger partial charge on any atom is 0.179 e. The van der Waals surface area contributed by atoms with Crippen LogP contribution in [0.25, 0.3) is 16.1 Å². The molecule has 4 rings (SSSR count). The second kappa shape index (κ2) is 8.70. The van der Waals surface area contributed by atoms with Crippen molar-refractivity contribution in [1.29, 1.82) is 0 Å². The predicted octanol–water partition coefficient (Wildman–Crippen LogP) is 5.85. The Kier molecular flexibility index (Phi) is 5.82. The Bertz CT molecular complexity index is 1140. The van der Waals surface area contributed by atoms with E-state index in [0.717, 1.165) is 48.3 Å². The van der Waals surface area contributed by atoms with Gasteiger partial charge in [0, 0.05) is 22.1 Å². The highest BCUT2D eigenvalue weighted by Gasteiger charge is 2.46. The number of rotatable bonds is 9. The van der Waals surface area contributed by atoms with Crippen molar-refractivity contribution in [2.45, 2.75) is 51.6 Å². The molecule has 31 heavy (non-hydrogen) atoms. The van der Waals surface area contributed by atoms with Gasteiger partial charge in [0.15, 0.2) is 17.1 Å². The van der Waals surface area contributed by atoms with E-state index >= 15 is 0 Å². The number of aromatic nitrogens is 3. The monoisotopic (exact) mass is 418 g/mol. The molecule has 0 N–H and O–H groups in total. The lowest BCUT2D eigenvalue weighted by Gasteiger charge is -2.46. The molecule has 8 nitrogen and oxygen atoms in total. The lowest BCUT2D eigenvalue weighted by molar-refractivity contribution is 0.126. The third-order valence-electron chi connectivity index (χ3n) is 6.18. The molecule has 1 aliphatic carbocycles. The lowest BCUT2D eigenvalue weighted by Crippen LogP contribution is -2.42. The zero-order chi connectivity index (χ0) is 21.8. The molecule has 0 radical (unpaired) electrons. The molecule has 1 aromatic carbocycles. The van der Waals surface area contributed by atoms with E-state index in [9.17, 15) is 0 Å². The highest BCUT2D eigenvalue weighted by atomic mass is 16.7. The minimum atomic E-state index is 0.0693. The number of allylic oxidation sites excluding steroid dienone is 1. The Morgan fingerprint density at radius 3 is 2.90 bits per heavy atom. The third-order valence-corrected chi connectivity index (χ3v) is 6.18. The molecule has 1 aliphatic rings. The fourth-order valence-electron chi connectivity index (χ4n) is 4.55. The van der Waals surface area contributed by atoms with Gasteiger partial charge in [0.25, 0.3) is 0 Å². The van der Waals surface area contributed by atoms with Gasteiger partial charge in [-0.2, -0.15) is 0 Å². The van der Waals surface area contributed by atoms with Crippen molar-refractivity contribution in [2.75, 3.05) is 0 Å². The summed E-state index contributed by atoms with van der Waals surface area (Å²) in [6.45, 7) is 8.31. The van der Waals surface area contributed by atoms with Crippen LogP contribution in [-0.2, 0) is 12.0 Å². The standard InChI is InChI=1S/C23H26N6O2/c1-4-7-17-13-23(5-2,14-17)22-26-25-21-18(8-6-11-29(21)22)15-30-19-10-9-16(3)12-20(19)31-28-27-24/h4,6,8-12,17H,1,5,7,13-15H2,2-3H3. The van der Waals surface area contributed by atoms with Crippen LogP contribution in [0.2, 0.25) is 0 Å². The molecule has 3 aromatic rings. The van der Waals surface area contributed by atoms with E-state index < -0.39 is 0 Å². The van der Waals surface area contributed by atoms with Crippen LogP contribution in [0, 0.1) is 12.8 Å². The first-order valence-electron chi connectivity index (χ1n) is 10.5. The van der Waals surface area contributed by atoms with E-state index in [-0.39, 0.29) is 12.0 Å². The van der Waals surface area contributed by atoms with Crippen molar-refractivity contribution in [1.82, 2.24) is 14.6 Å². The second-order valence-corrected chi connectivity index (χ2v) is 8.18. The fraction of sp³-hybridized carbons (Fsp3) is 0.391. The van der Waals surface area contributed by atoms with Gasteiger partial charge in [-0.25, -0.2) is 0 Å². The SMILES string of the molecule is C=CCC1CC(CC)(c2nnc3c(COc4ccc(C)cc4ON=[N+]=[N-])cccn23)C1. The minimum absolute atomic E-state index is 0.0693. The average molecular weight is 419 g/mol. The van der Waals surface area contributed by atoms with Gasteiger partial charge in [-0.1, -0.05) is 25.1 Å². The number of hydrogen-bond acceptors (Lipinski definition) is 5. The highest BCUT2D eigenvalue weighted by molar-refractivity contribution is 5.49. The summed E-state index contributed by atoms with van der Waals surface area (Å²) in [4.78, 5) is 7.75. The molecule has 1 saturated carbocycles. The number of ether oxygens (including phenoxy) is 1. The summed E-state index contributed by atoms with van der Waals surface area (Å²) in [5.41, 5.74) is 11.3. The van der Waals surface area contributed by atoms with E-state index in [0.29, 0.717) is 17.4 Å². The Balaban J connectivity index is 1.58. The van der Waals surface area contributed by atoms with Crippen molar-refractivity contribution in [2.24, 2.45) is 11.2 Å². The molecule has 1 fully saturated rings. The quantitative estimate of drug-likeness (QED) is 0.143. The first-order valence-corrected chi connectivity index (χ1v) is 10.5. The summed E-state index contributed by atoms with van der Waals surface area (Å²) in [5.74, 6) is 2.57. The third kappa shape index (κ3) is 3.94. The normalized spacial score (nSPS) is 20.0. The zero-order valence-corrected chi connectivity index (χ0v) is 17.9. The average Bonchev–Trinajstić information content (AvgIpc) is 3.19. The molecule has 160 valence electrons. The Labute approximate surface area is 181 Å². The summed E-state index contributed by atoms with van der Waals surface area (Å²) >= 11 is 0. The number of benzene rings is 1. The highest BCUT2D eigenvalue weighted by Crippen LogP contribution is 2.50. The second-order valence-electron chi connectivity index (χ2n) is 8.18. The largest absolute Gasteiger partial charge is 0.485 e. The van der Waals surface area contributed by atoms with Gasteiger partial charge in [-0.3, -0.25) is 4.40 Å².